The summed E-state index contributed by atoms with van der Waals surface area (Å²) in [5, 5.41) is 7.09. The molecule has 1 amide bonds. The van der Waals surface area contributed by atoms with Gasteiger partial charge in [0.2, 0.25) is 0 Å². The van der Waals surface area contributed by atoms with Gasteiger partial charge in [0.25, 0.3) is 5.91 Å². The maximum atomic E-state index is 14.6. The summed E-state index contributed by atoms with van der Waals surface area (Å²) in [5.41, 5.74) is 12.8. The van der Waals surface area contributed by atoms with Gasteiger partial charge >= 0.3 is 0 Å². The summed E-state index contributed by atoms with van der Waals surface area (Å²) >= 11 is 0. The van der Waals surface area contributed by atoms with Crippen LogP contribution in [-0.2, 0) is 0 Å². The van der Waals surface area contributed by atoms with Crippen molar-refractivity contribution in [2.24, 2.45) is 11.5 Å². The number of halogens is 1. The number of anilines is 3. The molecule has 2 atom stereocenters. The summed E-state index contributed by atoms with van der Waals surface area (Å²) in [6.45, 7) is 3.88. The Bertz CT molecular complexity index is 1020. The van der Waals surface area contributed by atoms with Gasteiger partial charge in [-0.3, -0.25) is 9.78 Å². The number of hydrogen-bond donors (Lipinski definition) is 4. The molecule has 0 bridgehead atoms. The number of rotatable bonds is 8. The minimum atomic E-state index is -0.776. The quantitative estimate of drug-likeness (QED) is 0.462. The second-order valence-electron chi connectivity index (χ2n) is 7.01. The molecule has 8 heteroatoms. The second kappa shape index (κ2) is 8.83. The largest absolute Gasteiger partial charge is 0.365 e. The molecule has 0 aliphatic rings. The van der Waals surface area contributed by atoms with Crippen LogP contribution in [0.5, 0.6) is 0 Å². The molecule has 0 saturated heterocycles. The molecule has 29 heavy (non-hydrogen) atoms. The van der Waals surface area contributed by atoms with Gasteiger partial charge in [-0.25, -0.2) is 9.37 Å². The minimum Gasteiger partial charge on any atom is -0.365 e. The fourth-order valence-corrected chi connectivity index (χ4v) is 3.11. The first-order valence-electron chi connectivity index (χ1n) is 9.53. The summed E-state index contributed by atoms with van der Waals surface area (Å²) in [5.74, 6) is -1.25. The number of carbonyl (C=O) groups is 1. The molecule has 0 aliphatic heterocycles. The van der Waals surface area contributed by atoms with Crippen molar-refractivity contribution in [1.29, 1.82) is 0 Å². The molecule has 3 rings (SSSR count). The highest BCUT2D eigenvalue weighted by Gasteiger charge is 2.20. The van der Waals surface area contributed by atoms with E-state index in [-0.39, 0.29) is 29.3 Å². The van der Waals surface area contributed by atoms with E-state index >= 15 is 0 Å². The van der Waals surface area contributed by atoms with Crippen molar-refractivity contribution in [1.82, 2.24) is 9.97 Å². The van der Waals surface area contributed by atoms with Gasteiger partial charge in [-0.15, -0.1) is 0 Å². The number of hydrogen-bond acceptors (Lipinski definition) is 6. The van der Waals surface area contributed by atoms with E-state index in [1.165, 1.54) is 0 Å². The number of nitrogens with one attached hydrogen (secondary N) is 2. The van der Waals surface area contributed by atoms with E-state index in [4.69, 9.17) is 11.5 Å². The molecule has 3 aromatic rings. The third-order valence-corrected chi connectivity index (χ3v) is 4.67. The predicted molar refractivity (Wildman–Crippen MR) is 114 cm³/mol. The molecular formula is C21H25FN6O. The minimum absolute atomic E-state index is 0.0205. The first-order chi connectivity index (χ1) is 13.9. The van der Waals surface area contributed by atoms with Crippen LogP contribution in [0.4, 0.5) is 21.7 Å². The maximum absolute atomic E-state index is 14.6. The lowest BCUT2D eigenvalue weighted by molar-refractivity contribution is 0.100. The third kappa shape index (κ3) is 4.78. The number of nitrogens with two attached hydrogens (primary N) is 2. The average Bonchev–Trinajstić information content (AvgIpc) is 2.69. The van der Waals surface area contributed by atoms with Crippen molar-refractivity contribution in [3.8, 4) is 0 Å². The van der Waals surface area contributed by atoms with E-state index in [9.17, 15) is 9.18 Å². The van der Waals surface area contributed by atoms with Gasteiger partial charge in [0, 0.05) is 29.4 Å². The van der Waals surface area contributed by atoms with Gasteiger partial charge in [-0.2, -0.15) is 0 Å². The number of primary amides is 1. The van der Waals surface area contributed by atoms with E-state index in [1.54, 1.807) is 6.20 Å². The van der Waals surface area contributed by atoms with Crippen LogP contribution in [0.25, 0.3) is 10.9 Å². The van der Waals surface area contributed by atoms with Crippen molar-refractivity contribution in [2.45, 2.75) is 38.8 Å². The fraction of sp³-hybridized carbons (Fsp3) is 0.286. The van der Waals surface area contributed by atoms with E-state index in [0.717, 1.165) is 29.8 Å². The van der Waals surface area contributed by atoms with Crippen LogP contribution < -0.4 is 22.1 Å². The van der Waals surface area contributed by atoms with Crippen molar-refractivity contribution >= 4 is 34.1 Å². The molecular weight excluding hydrogens is 371 g/mol. The highest BCUT2D eigenvalue weighted by molar-refractivity contribution is 5.99. The number of pyridine rings is 2. The second-order valence-corrected chi connectivity index (χ2v) is 7.01. The molecule has 0 fully saturated rings. The van der Waals surface area contributed by atoms with Gasteiger partial charge < -0.3 is 22.1 Å². The number of aromatic nitrogens is 2. The van der Waals surface area contributed by atoms with E-state index in [1.807, 2.05) is 44.2 Å². The zero-order valence-corrected chi connectivity index (χ0v) is 16.4. The summed E-state index contributed by atoms with van der Waals surface area (Å²) in [4.78, 5) is 20.5. The molecule has 0 aliphatic carbocycles. The highest BCUT2D eigenvalue weighted by Crippen LogP contribution is 2.26. The lowest BCUT2D eigenvalue weighted by Gasteiger charge is -2.23. The smallest absolute Gasteiger partial charge is 0.252 e. The molecule has 7 nitrogen and oxygen atoms in total. The number of nitrogens with zero attached hydrogens (tertiary/aromatic N) is 2. The van der Waals surface area contributed by atoms with E-state index < -0.39 is 11.7 Å². The predicted octanol–water partition coefficient (Wildman–Crippen LogP) is 3.54. The van der Waals surface area contributed by atoms with Crippen LogP contribution in [0.2, 0.25) is 0 Å². The Hall–Kier alpha value is -3.26. The van der Waals surface area contributed by atoms with Crippen LogP contribution >= 0.6 is 0 Å². The van der Waals surface area contributed by atoms with Crippen molar-refractivity contribution in [3.05, 3.63) is 54.0 Å². The van der Waals surface area contributed by atoms with Crippen molar-refractivity contribution in [2.75, 3.05) is 10.6 Å². The number of amides is 1. The Morgan fingerprint density at radius 2 is 2.03 bits per heavy atom. The van der Waals surface area contributed by atoms with Crippen molar-refractivity contribution < 1.29 is 9.18 Å². The SMILES string of the molecule is CCC[C@@H](Nc1nc(Nc2ccc3cccnc3c2)c(C(N)=O)cc1F)[C@H](C)N. The summed E-state index contributed by atoms with van der Waals surface area (Å²) in [7, 11) is 0. The summed E-state index contributed by atoms with van der Waals surface area (Å²) in [6, 6.07) is 10.1. The third-order valence-electron chi connectivity index (χ3n) is 4.67. The van der Waals surface area contributed by atoms with Gasteiger partial charge in [-0.05, 0) is 37.6 Å². The topological polar surface area (TPSA) is 119 Å². The molecule has 6 N–H and O–H groups in total. The molecule has 2 aromatic heterocycles. The first-order valence-corrected chi connectivity index (χ1v) is 9.53. The molecule has 152 valence electrons. The van der Waals surface area contributed by atoms with Crippen LogP contribution in [-0.4, -0.2) is 28.0 Å². The molecule has 0 spiro atoms. The number of carbonyl (C=O) groups excluding carboxylic acids is 1. The summed E-state index contributed by atoms with van der Waals surface area (Å²) < 4.78 is 14.6. The molecule has 0 saturated carbocycles. The van der Waals surface area contributed by atoms with Crippen LogP contribution in [0.15, 0.2) is 42.6 Å². The average molecular weight is 396 g/mol. The lowest BCUT2D eigenvalue weighted by atomic mass is 10.1. The van der Waals surface area contributed by atoms with Crippen LogP contribution in [0, 0.1) is 5.82 Å². The van der Waals surface area contributed by atoms with Gasteiger partial charge in [0.1, 0.15) is 5.82 Å². The lowest BCUT2D eigenvalue weighted by Crippen LogP contribution is -2.38. The summed E-state index contributed by atoms with van der Waals surface area (Å²) in [6.07, 6.45) is 3.34. The van der Waals surface area contributed by atoms with E-state index in [0.29, 0.717) is 5.69 Å². The number of fused-ring (bicyclic) bond motifs is 1. The molecule has 2 heterocycles. The van der Waals surface area contributed by atoms with Gasteiger partial charge in [0.15, 0.2) is 11.6 Å². The Morgan fingerprint density at radius 1 is 1.24 bits per heavy atom. The first kappa shape index (κ1) is 20.5. The fourth-order valence-electron chi connectivity index (χ4n) is 3.11. The molecule has 0 radical (unpaired) electrons. The molecule has 1 aromatic carbocycles. The normalized spacial score (nSPS) is 13.1. The standard InChI is InChI=1S/C21H25FN6O/c1-3-5-17(12(2)23)27-21-16(22)11-15(19(24)29)20(28-21)26-14-8-7-13-6-4-9-25-18(13)10-14/h4,6-12,17H,3,5,23H2,1-2H3,(H2,24,29)(H2,26,27,28)/t12-,17+/m0/s1. The van der Waals surface area contributed by atoms with Gasteiger partial charge in [-0.1, -0.05) is 25.5 Å². The van der Waals surface area contributed by atoms with Crippen LogP contribution in [0.1, 0.15) is 37.0 Å². The van der Waals surface area contributed by atoms with Gasteiger partial charge in [0.05, 0.1) is 11.1 Å². The Kier molecular flexibility index (Phi) is 6.23. The van der Waals surface area contributed by atoms with Crippen molar-refractivity contribution in [3.63, 3.8) is 0 Å². The maximum Gasteiger partial charge on any atom is 0.252 e. The van der Waals surface area contributed by atoms with E-state index in [2.05, 4.69) is 20.6 Å². The monoisotopic (exact) mass is 396 g/mol. The zero-order chi connectivity index (χ0) is 21.0. The zero-order valence-electron chi connectivity index (χ0n) is 16.4. The Morgan fingerprint density at radius 3 is 2.72 bits per heavy atom. The number of benzene rings is 1. The highest BCUT2D eigenvalue weighted by atomic mass is 19.1. The van der Waals surface area contributed by atoms with Crippen LogP contribution in [0.3, 0.4) is 0 Å². The molecule has 0 unspecified atom stereocenters. The Balaban J connectivity index is 1.97. The Labute approximate surface area is 168 Å².